The summed E-state index contributed by atoms with van der Waals surface area (Å²) in [6.45, 7) is 7.68. The smallest absolute Gasteiger partial charge is 0.393 e. The monoisotopic (exact) mass is 365 g/mol. The van der Waals surface area contributed by atoms with Gasteiger partial charge in [-0.05, 0) is 74.2 Å². The summed E-state index contributed by atoms with van der Waals surface area (Å²) in [6, 6.07) is 11.1. The van der Waals surface area contributed by atoms with Gasteiger partial charge in [0, 0.05) is 0 Å². The van der Waals surface area contributed by atoms with Crippen molar-refractivity contribution in [3.05, 3.63) is 75.1 Å². The van der Waals surface area contributed by atoms with Gasteiger partial charge in [-0.3, -0.25) is 10.1 Å². The average molecular weight is 365 g/mol. The Kier molecular flexibility index (Phi) is 5.03. The Labute approximate surface area is 156 Å². The standard InChI is InChI=1S/C20H19N3O4/c1-12-5-13(2)8-16(7-12)26-19-18(23(24)25)20(22-11-21-19)27-17-9-14(3)6-15(4)10-17/h5-11H,1-4H3. The Bertz CT molecular complexity index is 906. The Morgan fingerprint density at radius 1 is 0.741 bits per heavy atom. The lowest BCUT2D eigenvalue weighted by Crippen LogP contribution is -2.01. The van der Waals surface area contributed by atoms with Crippen LogP contribution in [0.15, 0.2) is 42.7 Å². The van der Waals surface area contributed by atoms with Gasteiger partial charge >= 0.3 is 17.4 Å². The SMILES string of the molecule is Cc1cc(C)cc(Oc2ncnc(Oc3cc(C)cc(C)c3)c2[N+](=O)[O-])c1. The van der Waals surface area contributed by atoms with Crippen LogP contribution in [0.2, 0.25) is 0 Å². The van der Waals surface area contributed by atoms with Crippen LogP contribution in [0, 0.1) is 37.8 Å². The highest BCUT2D eigenvalue weighted by Gasteiger charge is 2.27. The van der Waals surface area contributed by atoms with Crippen molar-refractivity contribution in [2.24, 2.45) is 0 Å². The molecule has 27 heavy (non-hydrogen) atoms. The summed E-state index contributed by atoms with van der Waals surface area (Å²) in [7, 11) is 0. The van der Waals surface area contributed by atoms with E-state index in [0.717, 1.165) is 22.3 Å². The summed E-state index contributed by atoms with van der Waals surface area (Å²) in [6.07, 6.45) is 1.18. The molecule has 3 rings (SSSR count). The lowest BCUT2D eigenvalue weighted by atomic mass is 10.1. The third kappa shape index (κ3) is 4.38. The van der Waals surface area contributed by atoms with E-state index in [4.69, 9.17) is 9.47 Å². The van der Waals surface area contributed by atoms with Crippen molar-refractivity contribution in [1.29, 1.82) is 0 Å². The minimum absolute atomic E-state index is 0.167. The summed E-state index contributed by atoms with van der Waals surface area (Å²) in [5.41, 5.74) is 3.50. The zero-order chi connectivity index (χ0) is 19.6. The van der Waals surface area contributed by atoms with Gasteiger partial charge in [-0.2, -0.15) is 9.97 Å². The zero-order valence-corrected chi connectivity index (χ0v) is 15.5. The minimum Gasteiger partial charge on any atom is -0.433 e. The van der Waals surface area contributed by atoms with Crippen LogP contribution in [0.25, 0.3) is 0 Å². The van der Waals surface area contributed by atoms with Gasteiger partial charge in [-0.1, -0.05) is 12.1 Å². The Hall–Kier alpha value is -3.48. The van der Waals surface area contributed by atoms with Crippen LogP contribution in [-0.2, 0) is 0 Å². The van der Waals surface area contributed by atoms with E-state index >= 15 is 0 Å². The quantitative estimate of drug-likeness (QED) is 0.456. The normalized spacial score (nSPS) is 10.5. The third-order valence-electron chi connectivity index (χ3n) is 3.76. The first-order valence-corrected chi connectivity index (χ1v) is 8.33. The van der Waals surface area contributed by atoms with Crippen LogP contribution in [0.1, 0.15) is 22.3 Å². The van der Waals surface area contributed by atoms with Crippen molar-refractivity contribution in [3.63, 3.8) is 0 Å². The molecule has 0 spiro atoms. The highest BCUT2D eigenvalue weighted by atomic mass is 16.6. The van der Waals surface area contributed by atoms with Crippen molar-refractivity contribution >= 4 is 5.69 Å². The number of aryl methyl sites for hydroxylation is 4. The highest BCUT2D eigenvalue weighted by molar-refractivity contribution is 5.52. The van der Waals surface area contributed by atoms with Crippen LogP contribution < -0.4 is 9.47 Å². The topological polar surface area (TPSA) is 87.4 Å². The number of hydrogen-bond donors (Lipinski definition) is 0. The van der Waals surface area contributed by atoms with Crippen molar-refractivity contribution < 1.29 is 14.4 Å². The third-order valence-corrected chi connectivity index (χ3v) is 3.76. The van der Waals surface area contributed by atoms with Gasteiger partial charge in [0.05, 0.1) is 4.92 Å². The highest BCUT2D eigenvalue weighted by Crippen LogP contribution is 2.38. The second kappa shape index (κ2) is 7.41. The summed E-state index contributed by atoms with van der Waals surface area (Å²) in [5, 5.41) is 11.7. The Morgan fingerprint density at radius 2 is 1.11 bits per heavy atom. The molecule has 0 fully saturated rings. The number of nitro groups is 1. The first kappa shape index (κ1) is 18.3. The maximum absolute atomic E-state index is 11.7. The van der Waals surface area contributed by atoms with Crippen LogP contribution in [0.5, 0.6) is 23.3 Å². The average Bonchev–Trinajstić information content (AvgIpc) is 2.52. The number of benzene rings is 2. The van der Waals surface area contributed by atoms with E-state index in [1.807, 2.05) is 39.8 Å². The molecule has 0 aliphatic carbocycles. The van der Waals surface area contributed by atoms with Crippen molar-refractivity contribution in [2.45, 2.75) is 27.7 Å². The first-order chi connectivity index (χ1) is 12.8. The maximum Gasteiger partial charge on any atom is 0.393 e. The molecule has 0 saturated carbocycles. The first-order valence-electron chi connectivity index (χ1n) is 8.33. The molecule has 2 aromatic carbocycles. The molecule has 0 aliphatic heterocycles. The van der Waals surface area contributed by atoms with Crippen molar-refractivity contribution in [1.82, 2.24) is 9.97 Å². The fourth-order valence-corrected chi connectivity index (χ4v) is 2.86. The van der Waals surface area contributed by atoms with E-state index in [1.54, 1.807) is 24.3 Å². The molecule has 0 aliphatic rings. The number of aromatic nitrogens is 2. The van der Waals surface area contributed by atoms with Crippen LogP contribution in [0.3, 0.4) is 0 Å². The van der Waals surface area contributed by atoms with E-state index in [2.05, 4.69) is 9.97 Å². The number of hydrogen-bond acceptors (Lipinski definition) is 6. The molecule has 0 radical (unpaired) electrons. The van der Waals surface area contributed by atoms with Crippen molar-refractivity contribution in [3.8, 4) is 23.3 Å². The van der Waals surface area contributed by atoms with Gasteiger partial charge in [-0.25, -0.2) is 0 Å². The molecule has 7 heteroatoms. The summed E-state index contributed by atoms with van der Waals surface area (Å²) in [4.78, 5) is 18.9. The van der Waals surface area contributed by atoms with Gasteiger partial charge in [0.25, 0.3) is 0 Å². The maximum atomic E-state index is 11.7. The molecular weight excluding hydrogens is 346 g/mol. The van der Waals surface area contributed by atoms with E-state index in [0.29, 0.717) is 11.5 Å². The molecule has 7 nitrogen and oxygen atoms in total. The summed E-state index contributed by atoms with van der Waals surface area (Å²) < 4.78 is 11.4. The predicted molar refractivity (Wildman–Crippen MR) is 101 cm³/mol. The molecule has 0 amide bonds. The summed E-state index contributed by atoms with van der Waals surface area (Å²) in [5.74, 6) is 0.594. The Morgan fingerprint density at radius 3 is 1.44 bits per heavy atom. The van der Waals surface area contributed by atoms with Gasteiger partial charge in [0.15, 0.2) is 0 Å². The van der Waals surface area contributed by atoms with Gasteiger partial charge in [-0.15, -0.1) is 0 Å². The molecule has 0 N–H and O–H groups in total. The molecule has 0 atom stereocenters. The number of rotatable bonds is 5. The van der Waals surface area contributed by atoms with E-state index in [-0.39, 0.29) is 11.8 Å². The molecule has 0 saturated heterocycles. The van der Waals surface area contributed by atoms with Crippen molar-refractivity contribution in [2.75, 3.05) is 0 Å². The summed E-state index contributed by atoms with van der Waals surface area (Å²) >= 11 is 0. The zero-order valence-electron chi connectivity index (χ0n) is 15.5. The van der Waals surface area contributed by atoms with Gasteiger partial charge in [0.2, 0.25) is 0 Å². The van der Waals surface area contributed by atoms with Gasteiger partial charge in [0.1, 0.15) is 17.8 Å². The molecule has 0 unspecified atom stereocenters. The largest absolute Gasteiger partial charge is 0.433 e. The minimum atomic E-state index is -0.601. The molecule has 138 valence electrons. The number of ether oxygens (including phenoxy) is 2. The lowest BCUT2D eigenvalue weighted by molar-refractivity contribution is -0.387. The Balaban J connectivity index is 2.00. The van der Waals surface area contributed by atoms with Crippen LogP contribution in [-0.4, -0.2) is 14.9 Å². The molecule has 0 bridgehead atoms. The molecule has 1 aromatic heterocycles. The lowest BCUT2D eigenvalue weighted by Gasteiger charge is -2.10. The second-order valence-electron chi connectivity index (χ2n) is 6.44. The number of nitrogens with zero attached hydrogens (tertiary/aromatic N) is 3. The fraction of sp³-hybridized carbons (Fsp3) is 0.200. The molecule has 1 heterocycles. The van der Waals surface area contributed by atoms with Crippen LogP contribution >= 0.6 is 0 Å². The second-order valence-corrected chi connectivity index (χ2v) is 6.44. The van der Waals surface area contributed by atoms with E-state index in [1.165, 1.54) is 6.33 Å². The van der Waals surface area contributed by atoms with Gasteiger partial charge < -0.3 is 9.47 Å². The van der Waals surface area contributed by atoms with Crippen LogP contribution in [0.4, 0.5) is 5.69 Å². The van der Waals surface area contributed by atoms with E-state index < -0.39 is 10.6 Å². The predicted octanol–water partition coefficient (Wildman–Crippen LogP) is 5.20. The molecule has 3 aromatic rings. The molecular formula is C20H19N3O4. The van der Waals surface area contributed by atoms with E-state index in [9.17, 15) is 10.1 Å². The fourth-order valence-electron chi connectivity index (χ4n) is 2.86.